The second kappa shape index (κ2) is 28.9. The predicted octanol–water partition coefficient (Wildman–Crippen LogP) is 6.22. The highest BCUT2D eigenvalue weighted by Gasteiger charge is 2.44. The minimum absolute atomic E-state index is 0.186. The van der Waals surface area contributed by atoms with E-state index < -0.39 is 49.5 Å². The minimum atomic E-state index is -1.56. The summed E-state index contributed by atoms with van der Waals surface area (Å²) in [5, 5.41) is 53.5. The molecule has 1 amide bonds. The molecule has 0 bridgehead atoms. The Kier molecular flexibility index (Phi) is 27.0. The van der Waals surface area contributed by atoms with Crippen LogP contribution in [0.5, 0.6) is 0 Å². The molecule has 1 aliphatic rings. The molecular formula is C37H71NO8. The molecule has 1 saturated heterocycles. The van der Waals surface area contributed by atoms with Gasteiger partial charge in [0.2, 0.25) is 5.91 Å². The van der Waals surface area contributed by atoms with E-state index in [1.807, 2.05) is 6.08 Å². The normalized spacial score (nSPS) is 23.2. The average Bonchev–Trinajstić information content (AvgIpc) is 3.05. The number of unbranched alkanes of at least 4 members (excludes halogenated alkanes) is 20. The molecule has 0 aromatic heterocycles. The summed E-state index contributed by atoms with van der Waals surface area (Å²) >= 11 is 0. The number of carbonyl (C=O) groups excluding carboxylic acids is 1. The van der Waals surface area contributed by atoms with Crippen molar-refractivity contribution >= 4 is 5.91 Å². The molecule has 0 aromatic rings. The largest absolute Gasteiger partial charge is 0.394 e. The highest BCUT2D eigenvalue weighted by Crippen LogP contribution is 2.22. The third-order valence-corrected chi connectivity index (χ3v) is 9.11. The Labute approximate surface area is 280 Å². The van der Waals surface area contributed by atoms with Crippen molar-refractivity contribution < 1.29 is 39.8 Å². The number of amides is 1. The van der Waals surface area contributed by atoms with Gasteiger partial charge in [-0.1, -0.05) is 148 Å². The summed E-state index contributed by atoms with van der Waals surface area (Å²) in [4.78, 5) is 12.6. The Balaban J connectivity index is 2.30. The monoisotopic (exact) mass is 658 g/mol. The molecule has 46 heavy (non-hydrogen) atoms. The molecule has 9 heteroatoms. The number of aliphatic hydroxyl groups excluding tert-OH is 5. The highest BCUT2D eigenvalue weighted by molar-refractivity contribution is 5.76. The van der Waals surface area contributed by atoms with Crippen LogP contribution in [0.25, 0.3) is 0 Å². The summed E-state index contributed by atoms with van der Waals surface area (Å²) in [7, 11) is 0. The van der Waals surface area contributed by atoms with Crippen LogP contribution >= 0.6 is 0 Å². The third kappa shape index (κ3) is 20.3. The van der Waals surface area contributed by atoms with Crippen LogP contribution in [-0.4, -0.2) is 87.5 Å². The average molecular weight is 658 g/mol. The van der Waals surface area contributed by atoms with E-state index in [0.29, 0.717) is 6.42 Å². The summed E-state index contributed by atoms with van der Waals surface area (Å²) < 4.78 is 11.1. The molecule has 6 N–H and O–H groups in total. The number of allylic oxidation sites excluding steroid dienone is 1. The zero-order valence-corrected chi connectivity index (χ0v) is 29.3. The van der Waals surface area contributed by atoms with Crippen molar-refractivity contribution in [2.24, 2.45) is 0 Å². The predicted molar refractivity (Wildman–Crippen MR) is 184 cm³/mol. The molecule has 0 radical (unpaired) electrons. The number of nitrogens with one attached hydrogen (secondary N) is 1. The van der Waals surface area contributed by atoms with Gasteiger partial charge >= 0.3 is 0 Å². The van der Waals surface area contributed by atoms with Crippen molar-refractivity contribution in [2.45, 2.75) is 204 Å². The summed E-state index contributed by atoms with van der Waals surface area (Å²) in [6.07, 6.45) is 23.2. The van der Waals surface area contributed by atoms with E-state index in [-0.39, 0.29) is 12.5 Å². The molecule has 9 nitrogen and oxygen atoms in total. The van der Waals surface area contributed by atoms with Gasteiger partial charge in [0.15, 0.2) is 6.29 Å². The number of hydrogen-bond acceptors (Lipinski definition) is 8. The van der Waals surface area contributed by atoms with E-state index in [0.717, 1.165) is 44.9 Å². The fourth-order valence-corrected chi connectivity index (χ4v) is 5.98. The number of rotatable bonds is 30. The Bertz CT molecular complexity index is 736. The maximum Gasteiger partial charge on any atom is 0.220 e. The van der Waals surface area contributed by atoms with Gasteiger partial charge in [0.1, 0.15) is 24.4 Å². The molecule has 0 saturated carbocycles. The molecule has 0 aliphatic carbocycles. The number of ether oxygens (including phenoxy) is 2. The second-order valence-corrected chi connectivity index (χ2v) is 13.4. The molecule has 1 rings (SSSR count). The van der Waals surface area contributed by atoms with E-state index in [2.05, 4.69) is 19.2 Å². The van der Waals surface area contributed by atoms with Gasteiger partial charge in [-0.25, -0.2) is 0 Å². The smallest absolute Gasteiger partial charge is 0.220 e. The van der Waals surface area contributed by atoms with E-state index in [4.69, 9.17) is 9.47 Å². The minimum Gasteiger partial charge on any atom is -0.394 e. The van der Waals surface area contributed by atoms with Crippen LogP contribution in [-0.2, 0) is 14.3 Å². The third-order valence-electron chi connectivity index (χ3n) is 9.11. The van der Waals surface area contributed by atoms with E-state index in [1.54, 1.807) is 6.08 Å². The van der Waals surface area contributed by atoms with Crippen LogP contribution < -0.4 is 5.32 Å². The Morgan fingerprint density at radius 3 is 1.70 bits per heavy atom. The Hall–Kier alpha value is -1.07. The van der Waals surface area contributed by atoms with Crippen molar-refractivity contribution in [3.05, 3.63) is 12.2 Å². The lowest BCUT2D eigenvalue weighted by atomic mass is 9.99. The SMILES string of the molecule is CCCCCCCCCCCCCCCCCCC/C=C/C(O)C(COC1OC(CO)C(O)C(O)C1O)NC(=O)CCCCCC. The van der Waals surface area contributed by atoms with Crippen LogP contribution in [0.1, 0.15) is 162 Å². The lowest BCUT2D eigenvalue weighted by Gasteiger charge is -2.40. The summed E-state index contributed by atoms with van der Waals surface area (Å²) in [5.74, 6) is -0.195. The van der Waals surface area contributed by atoms with Crippen LogP contribution in [0.2, 0.25) is 0 Å². The van der Waals surface area contributed by atoms with Crippen LogP contribution in [0.4, 0.5) is 0 Å². The number of carbonyl (C=O) groups is 1. The Morgan fingerprint density at radius 1 is 0.717 bits per heavy atom. The first-order valence-electron chi connectivity index (χ1n) is 18.9. The quantitative estimate of drug-likeness (QED) is 0.0394. The maximum absolute atomic E-state index is 12.6. The lowest BCUT2D eigenvalue weighted by Crippen LogP contribution is -2.60. The van der Waals surface area contributed by atoms with Gasteiger partial charge in [0.05, 0.1) is 25.4 Å². The molecule has 7 unspecified atom stereocenters. The molecule has 1 heterocycles. The van der Waals surface area contributed by atoms with E-state index in [9.17, 15) is 30.3 Å². The van der Waals surface area contributed by atoms with Gasteiger partial charge in [0.25, 0.3) is 0 Å². The fraction of sp³-hybridized carbons (Fsp3) is 0.919. The first-order valence-corrected chi connectivity index (χ1v) is 18.9. The first kappa shape index (κ1) is 43.0. The van der Waals surface area contributed by atoms with Crippen molar-refractivity contribution in [2.75, 3.05) is 13.2 Å². The molecule has 0 aromatic carbocycles. The highest BCUT2D eigenvalue weighted by atomic mass is 16.7. The van der Waals surface area contributed by atoms with Crippen molar-refractivity contribution in [3.63, 3.8) is 0 Å². The summed E-state index contributed by atoms with van der Waals surface area (Å²) in [6, 6.07) is -0.794. The van der Waals surface area contributed by atoms with Gasteiger partial charge in [0, 0.05) is 6.42 Å². The van der Waals surface area contributed by atoms with Crippen molar-refractivity contribution in [1.82, 2.24) is 5.32 Å². The van der Waals surface area contributed by atoms with Crippen LogP contribution in [0.15, 0.2) is 12.2 Å². The summed E-state index contributed by atoms with van der Waals surface area (Å²) in [6.45, 7) is 3.63. The molecule has 272 valence electrons. The molecule has 1 aliphatic heterocycles. The molecule has 7 atom stereocenters. The van der Waals surface area contributed by atoms with E-state index >= 15 is 0 Å². The van der Waals surface area contributed by atoms with Gasteiger partial charge in [-0.3, -0.25) is 4.79 Å². The Morgan fingerprint density at radius 2 is 1.20 bits per heavy atom. The fourth-order valence-electron chi connectivity index (χ4n) is 5.98. The second-order valence-electron chi connectivity index (χ2n) is 13.4. The maximum atomic E-state index is 12.6. The van der Waals surface area contributed by atoms with E-state index in [1.165, 1.54) is 96.3 Å². The zero-order valence-electron chi connectivity index (χ0n) is 29.3. The summed E-state index contributed by atoms with van der Waals surface area (Å²) in [5.41, 5.74) is 0. The van der Waals surface area contributed by atoms with Gasteiger partial charge in [-0.2, -0.15) is 0 Å². The molecule has 1 fully saturated rings. The topological polar surface area (TPSA) is 149 Å². The molecular weight excluding hydrogens is 586 g/mol. The standard InChI is InChI=1S/C37H71NO8/c1-3-5-7-9-10-11-12-13-14-15-16-17-18-19-20-21-22-23-24-26-31(40)30(38-33(41)27-25-8-6-4-2)29-45-37-36(44)35(43)34(42)32(28-39)46-37/h24,26,30-32,34-37,39-40,42-44H,3-23,25,27-29H2,1-2H3,(H,38,41)/b26-24+. The number of hydrogen-bond donors (Lipinski definition) is 6. The lowest BCUT2D eigenvalue weighted by molar-refractivity contribution is -0.302. The van der Waals surface area contributed by atoms with Crippen LogP contribution in [0, 0.1) is 0 Å². The molecule has 0 spiro atoms. The van der Waals surface area contributed by atoms with Gasteiger partial charge in [-0.15, -0.1) is 0 Å². The zero-order chi connectivity index (χ0) is 33.8. The van der Waals surface area contributed by atoms with Crippen molar-refractivity contribution in [3.8, 4) is 0 Å². The first-order chi connectivity index (χ1) is 22.3. The van der Waals surface area contributed by atoms with Crippen LogP contribution in [0.3, 0.4) is 0 Å². The number of aliphatic hydroxyl groups is 5. The van der Waals surface area contributed by atoms with Gasteiger partial charge < -0.3 is 40.3 Å². The van der Waals surface area contributed by atoms with Crippen molar-refractivity contribution in [1.29, 1.82) is 0 Å². The van der Waals surface area contributed by atoms with Gasteiger partial charge in [-0.05, 0) is 19.3 Å².